The molecule has 2 aromatic rings. The zero-order chi connectivity index (χ0) is 12.7. The minimum absolute atomic E-state index is 0.0672. The molecule has 3 heterocycles. The van der Waals surface area contributed by atoms with Crippen molar-refractivity contribution in [3.05, 3.63) is 22.6 Å². The highest BCUT2D eigenvalue weighted by Gasteiger charge is 2.31. The lowest BCUT2D eigenvalue weighted by Gasteiger charge is -2.25. The number of H-pyrrole nitrogens is 1. The molecule has 96 valence electrons. The highest BCUT2D eigenvalue weighted by atomic mass is 16.3. The number of rotatable bonds is 2. The zero-order valence-electron chi connectivity index (χ0n) is 10.1. The first-order valence-electron chi connectivity index (χ1n) is 6.02. The minimum atomic E-state index is -0.348. The largest absolute Gasteiger partial charge is 0.394 e. The predicted octanol–water partition coefficient (Wildman–Crippen LogP) is -0.375. The fourth-order valence-corrected chi connectivity index (χ4v) is 2.52. The van der Waals surface area contributed by atoms with Gasteiger partial charge < -0.3 is 10.0 Å². The number of fused-ring (bicyclic) bond motifs is 1. The van der Waals surface area contributed by atoms with Crippen molar-refractivity contribution in [1.82, 2.24) is 19.8 Å². The number of nitrogens with one attached hydrogen (secondary N) is 1. The average Bonchev–Trinajstić information content (AvgIpc) is 2.93. The van der Waals surface area contributed by atoms with Crippen LogP contribution in [0.2, 0.25) is 0 Å². The molecular weight excluding hydrogens is 234 g/mol. The Bertz CT molecular complexity index is 619. The molecule has 0 saturated carbocycles. The molecule has 0 aromatic carbocycles. The molecule has 3 rings (SSSR count). The lowest BCUT2D eigenvalue weighted by molar-refractivity contribution is 0.244. The molecule has 0 bridgehead atoms. The second-order valence-corrected chi connectivity index (χ2v) is 4.70. The SMILES string of the molecule is CC1CCN(c2ccc3n[nH]c(=O)n3n2)C1CO. The Balaban J connectivity index is 2.03. The van der Waals surface area contributed by atoms with Crippen molar-refractivity contribution in [1.29, 1.82) is 0 Å². The van der Waals surface area contributed by atoms with E-state index >= 15 is 0 Å². The summed E-state index contributed by atoms with van der Waals surface area (Å²) in [5.74, 6) is 1.13. The van der Waals surface area contributed by atoms with E-state index in [1.54, 1.807) is 6.07 Å². The molecule has 0 amide bonds. The second kappa shape index (κ2) is 4.09. The van der Waals surface area contributed by atoms with Gasteiger partial charge in [-0.15, -0.1) is 5.10 Å². The number of anilines is 1. The van der Waals surface area contributed by atoms with Crippen molar-refractivity contribution in [2.75, 3.05) is 18.1 Å². The van der Waals surface area contributed by atoms with Crippen LogP contribution in [-0.2, 0) is 0 Å². The maximum atomic E-state index is 11.5. The third-order valence-electron chi connectivity index (χ3n) is 3.62. The molecule has 2 aromatic heterocycles. The maximum Gasteiger partial charge on any atom is 0.364 e. The Morgan fingerprint density at radius 3 is 3.17 bits per heavy atom. The first-order valence-corrected chi connectivity index (χ1v) is 6.02. The van der Waals surface area contributed by atoms with Crippen LogP contribution in [0, 0.1) is 5.92 Å². The minimum Gasteiger partial charge on any atom is -0.394 e. The summed E-state index contributed by atoms with van der Waals surface area (Å²) >= 11 is 0. The van der Waals surface area contributed by atoms with Crippen molar-refractivity contribution in [3.8, 4) is 0 Å². The van der Waals surface area contributed by atoms with Crippen molar-refractivity contribution in [2.24, 2.45) is 5.92 Å². The van der Waals surface area contributed by atoms with E-state index in [-0.39, 0.29) is 18.3 Å². The van der Waals surface area contributed by atoms with E-state index in [9.17, 15) is 9.90 Å². The van der Waals surface area contributed by atoms with Crippen molar-refractivity contribution in [3.63, 3.8) is 0 Å². The van der Waals surface area contributed by atoms with Crippen LogP contribution >= 0.6 is 0 Å². The highest BCUT2D eigenvalue weighted by Crippen LogP contribution is 2.27. The molecule has 2 atom stereocenters. The van der Waals surface area contributed by atoms with Crippen LogP contribution < -0.4 is 10.6 Å². The third-order valence-corrected chi connectivity index (χ3v) is 3.62. The topological polar surface area (TPSA) is 86.5 Å². The average molecular weight is 249 g/mol. The van der Waals surface area contributed by atoms with Gasteiger partial charge in [0.2, 0.25) is 0 Å². The number of aromatic amines is 1. The molecule has 0 spiro atoms. The molecular formula is C11H15N5O2. The lowest BCUT2D eigenvalue weighted by Crippen LogP contribution is -2.36. The van der Waals surface area contributed by atoms with E-state index in [1.807, 2.05) is 11.0 Å². The molecule has 2 N–H and O–H groups in total. The van der Waals surface area contributed by atoms with E-state index in [0.717, 1.165) is 13.0 Å². The molecule has 1 aliphatic heterocycles. The first kappa shape index (κ1) is 11.2. The van der Waals surface area contributed by atoms with Crippen molar-refractivity contribution < 1.29 is 5.11 Å². The number of aromatic nitrogens is 4. The molecule has 7 nitrogen and oxygen atoms in total. The van der Waals surface area contributed by atoms with Crippen LogP contribution in [0.3, 0.4) is 0 Å². The summed E-state index contributed by atoms with van der Waals surface area (Å²) in [6.45, 7) is 3.06. The maximum absolute atomic E-state index is 11.5. The van der Waals surface area contributed by atoms with E-state index in [1.165, 1.54) is 4.52 Å². The second-order valence-electron chi connectivity index (χ2n) is 4.70. The smallest absolute Gasteiger partial charge is 0.364 e. The summed E-state index contributed by atoms with van der Waals surface area (Å²) in [6, 6.07) is 3.64. The van der Waals surface area contributed by atoms with Gasteiger partial charge in [-0.25, -0.2) is 9.89 Å². The molecule has 7 heteroatoms. The van der Waals surface area contributed by atoms with Gasteiger partial charge in [-0.3, -0.25) is 0 Å². The Kier molecular flexibility index (Phi) is 2.55. The molecule has 0 aliphatic carbocycles. The zero-order valence-corrected chi connectivity index (χ0v) is 10.1. The summed E-state index contributed by atoms with van der Waals surface area (Å²) < 4.78 is 1.24. The van der Waals surface area contributed by atoms with Crippen LogP contribution in [0.5, 0.6) is 0 Å². The summed E-state index contributed by atoms with van der Waals surface area (Å²) in [6.07, 6.45) is 1.02. The lowest BCUT2D eigenvalue weighted by atomic mass is 10.0. The fourth-order valence-electron chi connectivity index (χ4n) is 2.52. The summed E-state index contributed by atoms with van der Waals surface area (Å²) in [7, 11) is 0. The molecule has 1 aliphatic rings. The Morgan fingerprint density at radius 1 is 1.56 bits per heavy atom. The molecule has 2 unspecified atom stereocenters. The van der Waals surface area contributed by atoms with E-state index < -0.39 is 0 Å². The van der Waals surface area contributed by atoms with E-state index in [2.05, 4.69) is 22.2 Å². The van der Waals surface area contributed by atoms with E-state index in [0.29, 0.717) is 17.4 Å². The van der Waals surface area contributed by atoms with Gasteiger partial charge in [0.25, 0.3) is 0 Å². The molecule has 0 radical (unpaired) electrons. The van der Waals surface area contributed by atoms with Crippen LogP contribution in [0.15, 0.2) is 16.9 Å². The Labute approximate surface area is 103 Å². The van der Waals surface area contributed by atoms with Gasteiger partial charge in [-0.05, 0) is 24.5 Å². The van der Waals surface area contributed by atoms with Crippen LogP contribution in [0.4, 0.5) is 5.82 Å². The normalized spacial score (nSPS) is 24.0. The quantitative estimate of drug-likeness (QED) is 0.758. The van der Waals surface area contributed by atoms with Crippen molar-refractivity contribution >= 4 is 11.5 Å². The molecule has 1 saturated heterocycles. The van der Waals surface area contributed by atoms with Gasteiger partial charge in [0, 0.05) is 6.54 Å². The Hall–Kier alpha value is -1.89. The predicted molar refractivity (Wildman–Crippen MR) is 65.6 cm³/mol. The van der Waals surface area contributed by atoms with Crippen LogP contribution in [-0.4, -0.2) is 44.1 Å². The number of hydrogen-bond donors (Lipinski definition) is 2. The number of nitrogens with zero attached hydrogens (tertiary/aromatic N) is 4. The van der Waals surface area contributed by atoms with Gasteiger partial charge in [0.05, 0.1) is 12.6 Å². The van der Waals surface area contributed by atoms with Crippen molar-refractivity contribution in [2.45, 2.75) is 19.4 Å². The first-order chi connectivity index (χ1) is 8.70. The number of hydrogen-bond acceptors (Lipinski definition) is 5. The third kappa shape index (κ3) is 1.59. The number of aliphatic hydroxyl groups is 1. The highest BCUT2D eigenvalue weighted by molar-refractivity contribution is 5.46. The fraction of sp³-hybridized carbons (Fsp3) is 0.545. The van der Waals surface area contributed by atoms with Gasteiger partial charge in [0.1, 0.15) is 5.82 Å². The summed E-state index contributed by atoms with van der Waals surface area (Å²) in [4.78, 5) is 13.5. The van der Waals surface area contributed by atoms with E-state index in [4.69, 9.17) is 0 Å². The van der Waals surface area contributed by atoms with Gasteiger partial charge in [-0.1, -0.05) is 6.92 Å². The van der Waals surface area contributed by atoms with Crippen LogP contribution in [0.1, 0.15) is 13.3 Å². The number of aliphatic hydroxyl groups excluding tert-OH is 1. The van der Waals surface area contributed by atoms with Crippen LogP contribution in [0.25, 0.3) is 5.65 Å². The van der Waals surface area contributed by atoms with Gasteiger partial charge in [-0.2, -0.15) is 9.61 Å². The monoisotopic (exact) mass is 249 g/mol. The Morgan fingerprint density at radius 2 is 2.39 bits per heavy atom. The van der Waals surface area contributed by atoms with Gasteiger partial charge >= 0.3 is 5.69 Å². The summed E-state index contributed by atoms with van der Waals surface area (Å²) in [5.41, 5.74) is 0.149. The van der Waals surface area contributed by atoms with Gasteiger partial charge in [0.15, 0.2) is 5.65 Å². The molecule has 18 heavy (non-hydrogen) atoms. The standard InChI is InChI=1S/C11H15N5O2/c1-7-4-5-15(8(7)6-17)10-3-2-9-12-13-11(18)16(9)14-10/h2-3,7-8,17H,4-6H2,1H3,(H,13,18). The molecule has 1 fully saturated rings. The summed E-state index contributed by atoms with van der Waals surface area (Å²) in [5, 5.41) is 19.9.